The molecule has 2 N–H and O–H groups in total. The highest BCUT2D eigenvalue weighted by Gasteiger charge is 2.26. The van der Waals surface area contributed by atoms with E-state index in [4.69, 9.17) is 0 Å². The minimum atomic E-state index is -0.181. The van der Waals surface area contributed by atoms with Crippen molar-refractivity contribution >= 4 is 35.1 Å². The van der Waals surface area contributed by atoms with Crippen molar-refractivity contribution in [1.29, 1.82) is 0 Å². The molecule has 7 nitrogen and oxygen atoms in total. The molecule has 8 heteroatoms. The van der Waals surface area contributed by atoms with E-state index in [0.717, 1.165) is 46.6 Å². The number of nitrogens with zero attached hydrogens (tertiary/aromatic N) is 3. The first-order chi connectivity index (χ1) is 16.4. The minimum absolute atomic E-state index is 0.0797. The molecule has 0 saturated carbocycles. The van der Waals surface area contributed by atoms with Crippen molar-refractivity contribution in [2.24, 2.45) is 5.92 Å². The Kier molecular flexibility index (Phi) is 8.11. The van der Waals surface area contributed by atoms with Crippen molar-refractivity contribution in [3.63, 3.8) is 0 Å². The molecule has 2 aliphatic heterocycles. The van der Waals surface area contributed by atoms with Crippen LogP contribution in [0.25, 0.3) is 0 Å². The molecule has 182 valence electrons. The van der Waals surface area contributed by atoms with Crippen molar-refractivity contribution < 1.29 is 9.59 Å². The first-order valence-corrected chi connectivity index (χ1v) is 13.2. The zero-order chi connectivity index (χ0) is 24.1. The number of pyridine rings is 1. The molecule has 0 unspecified atom stereocenters. The van der Waals surface area contributed by atoms with Gasteiger partial charge in [0.15, 0.2) is 0 Å². The summed E-state index contributed by atoms with van der Waals surface area (Å²) in [5.74, 6) is 1.51. The Morgan fingerprint density at radius 1 is 1.18 bits per heavy atom. The van der Waals surface area contributed by atoms with Crippen LogP contribution >= 0.6 is 11.8 Å². The van der Waals surface area contributed by atoms with E-state index < -0.39 is 0 Å². The van der Waals surface area contributed by atoms with Gasteiger partial charge in [0.25, 0.3) is 5.91 Å². The highest BCUT2D eigenvalue weighted by molar-refractivity contribution is 7.99. The van der Waals surface area contributed by atoms with Gasteiger partial charge < -0.3 is 15.5 Å². The molecular weight excluding hydrogens is 446 g/mol. The van der Waals surface area contributed by atoms with Crippen LogP contribution in [0.2, 0.25) is 0 Å². The molecule has 0 bridgehead atoms. The Labute approximate surface area is 206 Å². The second-order valence-corrected chi connectivity index (χ2v) is 10.5. The molecule has 1 atom stereocenters. The molecule has 4 rings (SSSR count). The summed E-state index contributed by atoms with van der Waals surface area (Å²) in [5, 5.41) is 6.88. The second kappa shape index (κ2) is 11.2. The van der Waals surface area contributed by atoms with E-state index in [1.54, 1.807) is 40.9 Å². The molecule has 1 aromatic carbocycles. The fourth-order valence-corrected chi connectivity index (χ4v) is 5.85. The highest BCUT2D eigenvalue weighted by Crippen LogP contribution is 2.36. The molecule has 34 heavy (non-hydrogen) atoms. The number of carbonyl (C=O) groups excluding carboxylic acids is 2. The number of hydrogen-bond acceptors (Lipinski definition) is 5. The number of benzene rings is 1. The number of urea groups is 1. The lowest BCUT2D eigenvalue weighted by Gasteiger charge is -2.30. The zero-order valence-corrected chi connectivity index (χ0v) is 21.2. The Balaban J connectivity index is 1.28. The number of carbonyl (C=O) groups is 2. The molecule has 3 amide bonds. The van der Waals surface area contributed by atoms with Gasteiger partial charge in [0.05, 0.1) is 5.69 Å². The summed E-state index contributed by atoms with van der Waals surface area (Å²) in [6.07, 6.45) is 3.55. The lowest BCUT2D eigenvalue weighted by Crippen LogP contribution is -2.39. The Morgan fingerprint density at radius 2 is 1.97 bits per heavy atom. The van der Waals surface area contributed by atoms with Crippen molar-refractivity contribution in [3.05, 3.63) is 47.2 Å². The van der Waals surface area contributed by atoms with E-state index >= 15 is 0 Å². The van der Waals surface area contributed by atoms with Gasteiger partial charge in [-0.25, -0.2) is 9.78 Å². The molecule has 2 aromatic rings. The van der Waals surface area contributed by atoms with Crippen LogP contribution < -0.4 is 15.5 Å². The number of rotatable bonds is 6. The number of thioether (sulfide) groups is 1. The Morgan fingerprint density at radius 3 is 2.74 bits per heavy atom. The van der Waals surface area contributed by atoms with Gasteiger partial charge in [-0.1, -0.05) is 6.92 Å². The highest BCUT2D eigenvalue weighted by atomic mass is 32.2. The van der Waals surface area contributed by atoms with Crippen LogP contribution in [0.15, 0.2) is 35.4 Å². The average Bonchev–Trinajstić information content (AvgIpc) is 2.81. The van der Waals surface area contributed by atoms with Gasteiger partial charge in [-0.2, -0.15) is 0 Å². The normalized spacial score (nSPS) is 18.3. The molecule has 1 saturated heterocycles. The number of fused-ring (bicyclic) bond motifs is 1. The van der Waals surface area contributed by atoms with Gasteiger partial charge in [-0.3, -0.25) is 9.69 Å². The van der Waals surface area contributed by atoms with Crippen LogP contribution in [0.4, 0.5) is 16.2 Å². The number of hydrogen-bond donors (Lipinski definition) is 2. The average molecular weight is 482 g/mol. The van der Waals surface area contributed by atoms with E-state index in [2.05, 4.69) is 27.4 Å². The van der Waals surface area contributed by atoms with Gasteiger partial charge in [0.1, 0.15) is 5.03 Å². The first-order valence-electron chi connectivity index (χ1n) is 12.2. The Hall–Kier alpha value is -2.58. The standard InChI is InChI=1S/C26H35N5O2S/c1-18-6-4-12-30(17-18)13-5-11-27-24(32)21-7-9-22(10-8-21)29-26(33)31-14-15-34-25-23(31)19(2)16-20(3)28-25/h7-10,16,18H,4-6,11-15,17H2,1-3H3,(H,27,32)(H,29,33)/t18-/m1/s1. The second-order valence-electron chi connectivity index (χ2n) is 9.40. The van der Waals surface area contributed by atoms with Crippen LogP contribution in [0.1, 0.15) is 47.8 Å². The summed E-state index contributed by atoms with van der Waals surface area (Å²) >= 11 is 1.69. The maximum atomic E-state index is 13.0. The summed E-state index contributed by atoms with van der Waals surface area (Å²) in [5.41, 5.74) is 4.15. The topological polar surface area (TPSA) is 77.6 Å². The van der Waals surface area contributed by atoms with Gasteiger partial charge in [-0.15, -0.1) is 11.8 Å². The Bertz CT molecular complexity index is 1030. The summed E-state index contributed by atoms with van der Waals surface area (Å²) in [6.45, 7) is 11.0. The third-order valence-corrected chi connectivity index (χ3v) is 7.37. The monoisotopic (exact) mass is 481 g/mol. The van der Waals surface area contributed by atoms with Crippen LogP contribution in [0.5, 0.6) is 0 Å². The summed E-state index contributed by atoms with van der Waals surface area (Å²) in [4.78, 5) is 34.4. The number of aromatic nitrogens is 1. The van der Waals surface area contributed by atoms with Crippen molar-refractivity contribution in [3.8, 4) is 0 Å². The lowest BCUT2D eigenvalue weighted by molar-refractivity contribution is 0.0950. The number of piperidine rings is 1. The smallest absolute Gasteiger partial charge is 0.326 e. The zero-order valence-electron chi connectivity index (χ0n) is 20.4. The van der Waals surface area contributed by atoms with E-state index in [-0.39, 0.29) is 11.9 Å². The summed E-state index contributed by atoms with van der Waals surface area (Å²) in [7, 11) is 0. The molecule has 3 heterocycles. The van der Waals surface area contributed by atoms with Crippen LogP contribution in [0.3, 0.4) is 0 Å². The maximum absolute atomic E-state index is 13.0. The van der Waals surface area contributed by atoms with Crippen molar-refractivity contribution in [1.82, 2.24) is 15.2 Å². The van der Waals surface area contributed by atoms with E-state index in [0.29, 0.717) is 24.3 Å². The predicted octanol–water partition coefficient (Wildman–Crippen LogP) is 4.69. The van der Waals surface area contributed by atoms with Crippen molar-refractivity contribution in [2.75, 3.05) is 48.7 Å². The van der Waals surface area contributed by atoms with Gasteiger partial charge in [0.2, 0.25) is 0 Å². The van der Waals surface area contributed by atoms with E-state index in [9.17, 15) is 9.59 Å². The minimum Gasteiger partial charge on any atom is -0.352 e. The fraction of sp³-hybridized carbons (Fsp3) is 0.500. The third kappa shape index (κ3) is 6.10. The number of likely N-dealkylation sites (tertiary alicyclic amines) is 1. The molecule has 2 aliphatic rings. The lowest BCUT2D eigenvalue weighted by atomic mass is 10.0. The van der Waals surface area contributed by atoms with Crippen LogP contribution in [-0.2, 0) is 0 Å². The first kappa shape index (κ1) is 24.5. The predicted molar refractivity (Wildman–Crippen MR) is 139 cm³/mol. The number of nitrogens with one attached hydrogen (secondary N) is 2. The molecular formula is C26H35N5O2S. The molecule has 0 aliphatic carbocycles. The van der Waals surface area contributed by atoms with Crippen molar-refractivity contribution in [2.45, 2.75) is 45.1 Å². The number of amides is 3. The van der Waals surface area contributed by atoms with Crippen LogP contribution in [0, 0.1) is 19.8 Å². The SMILES string of the molecule is Cc1cc(C)c2c(n1)SCCN2C(=O)Nc1ccc(C(=O)NCCCN2CCC[C@@H](C)C2)cc1. The largest absolute Gasteiger partial charge is 0.352 e. The summed E-state index contributed by atoms with van der Waals surface area (Å²) in [6, 6.07) is 8.90. The number of aryl methyl sites for hydroxylation is 2. The quantitative estimate of drug-likeness (QED) is 0.585. The molecule has 1 aromatic heterocycles. The van der Waals surface area contributed by atoms with E-state index in [1.165, 1.54) is 25.9 Å². The molecule has 0 spiro atoms. The van der Waals surface area contributed by atoms with Gasteiger partial charge in [-0.05, 0) is 88.0 Å². The van der Waals surface area contributed by atoms with Gasteiger partial charge >= 0.3 is 6.03 Å². The maximum Gasteiger partial charge on any atom is 0.326 e. The van der Waals surface area contributed by atoms with E-state index in [1.807, 2.05) is 19.9 Å². The molecule has 0 radical (unpaired) electrons. The number of anilines is 2. The van der Waals surface area contributed by atoms with Gasteiger partial charge in [0, 0.05) is 42.3 Å². The fourth-order valence-electron chi connectivity index (χ4n) is 4.77. The molecule has 1 fully saturated rings. The third-order valence-electron chi connectivity index (χ3n) is 6.42. The van der Waals surface area contributed by atoms with Crippen LogP contribution in [-0.4, -0.2) is 60.3 Å². The summed E-state index contributed by atoms with van der Waals surface area (Å²) < 4.78 is 0.